The number of aromatic nitrogens is 2. The molecular formula is C10H12FN3. The lowest BCUT2D eigenvalue weighted by Gasteiger charge is -2.00. The fraction of sp³-hybridized carbons (Fsp3) is 0.300. The highest BCUT2D eigenvalue weighted by atomic mass is 19.1. The van der Waals surface area contributed by atoms with Crippen molar-refractivity contribution in [3.63, 3.8) is 0 Å². The van der Waals surface area contributed by atoms with Crippen LogP contribution >= 0.6 is 0 Å². The van der Waals surface area contributed by atoms with E-state index in [1.807, 2.05) is 13.8 Å². The normalized spacial score (nSPS) is 11.4. The van der Waals surface area contributed by atoms with Gasteiger partial charge < -0.3 is 5.73 Å². The smallest absolute Gasteiger partial charge is 0.175 e. The molecule has 0 unspecified atom stereocenters. The molecule has 0 amide bonds. The largest absolute Gasteiger partial charge is 0.383 e. The molecule has 74 valence electrons. The molecular weight excluding hydrogens is 181 g/mol. The van der Waals surface area contributed by atoms with Gasteiger partial charge in [-0.1, -0.05) is 13.8 Å². The van der Waals surface area contributed by atoms with E-state index in [9.17, 15) is 4.39 Å². The van der Waals surface area contributed by atoms with Gasteiger partial charge in [0.15, 0.2) is 11.5 Å². The van der Waals surface area contributed by atoms with Crippen molar-refractivity contribution in [1.29, 1.82) is 0 Å². The summed E-state index contributed by atoms with van der Waals surface area (Å²) in [6.07, 6.45) is 1.71. The van der Waals surface area contributed by atoms with Crippen molar-refractivity contribution in [2.45, 2.75) is 19.8 Å². The highest BCUT2D eigenvalue weighted by molar-refractivity contribution is 5.54. The van der Waals surface area contributed by atoms with Crippen molar-refractivity contribution in [3.8, 4) is 0 Å². The van der Waals surface area contributed by atoms with Crippen LogP contribution in [0.25, 0.3) is 5.65 Å². The molecule has 0 atom stereocenters. The Labute approximate surface area is 81.4 Å². The number of nitrogen functional groups attached to an aromatic ring is 1. The zero-order valence-corrected chi connectivity index (χ0v) is 8.16. The zero-order chi connectivity index (χ0) is 10.3. The third-order valence-electron chi connectivity index (χ3n) is 2.21. The third kappa shape index (κ3) is 1.14. The first-order valence-corrected chi connectivity index (χ1v) is 4.53. The number of halogens is 1. The van der Waals surface area contributed by atoms with E-state index in [0.29, 0.717) is 11.5 Å². The summed E-state index contributed by atoms with van der Waals surface area (Å²) in [4.78, 5) is 4.17. The molecule has 0 spiro atoms. The Kier molecular flexibility index (Phi) is 1.91. The van der Waals surface area contributed by atoms with Crippen LogP contribution in [-0.2, 0) is 0 Å². The zero-order valence-electron chi connectivity index (χ0n) is 8.16. The number of anilines is 1. The Hall–Kier alpha value is -1.58. The molecule has 4 heteroatoms. The molecule has 14 heavy (non-hydrogen) atoms. The van der Waals surface area contributed by atoms with Gasteiger partial charge in [-0.05, 0) is 18.1 Å². The molecule has 0 bridgehead atoms. The van der Waals surface area contributed by atoms with Crippen LogP contribution in [0.15, 0.2) is 18.3 Å². The molecule has 0 saturated carbocycles. The van der Waals surface area contributed by atoms with Crippen molar-refractivity contribution >= 4 is 11.5 Å². The average Bonchev–Trinajstić information content (AvgIpc) is 2.46. The number of rotatable bonds is 1. The Bertz CT molecular complexity index is 473. The minimum Gasteiger partial charge on any atom is -0.383 e. The SMILES string of the molecule is CC(C)c1nc2c(F)cccn2c1N. The second-order valence-corrected chi connectivity index (χ2v) is 3.59. The Morgan fingerprint density at radius 1 is 1.50 bits per heavy atom. The van der Waals surface area contributed by atoms with E-state index in [-0.39, 0.29) is 11.7 Å². The number of fused-ring (bicyclic) bond motifs is 1. The molecule has 0 aliphatic rings. The summed E-state index contributed by atoms with van der Waals surface area (Å²) in [6, 6.07) is 3.00. The molecule has 2 aromatic heterocycles. The Morgan fingerprint density at radius 2 is 2.21 bits per heavy atom. The predicted molar refractivity (Wildman–Crippen MR) is 53.7 cm³/mol. The maximum absolute atomic E-state index is 13.3. The van der Waals surface area contributed by atoms with Crippen LogP contribution in [0.3, 0.4) is 0 Å². The lowest BCUT2D eigenvalue weighted by Crippen LogP contribution is -1.97. The number of nitrogens with zero attached hydrogens (tertiary/aromatic N) is 2. The fourth-order valence-electron chi connectivity index (χ4n) is 1.50. The molecule has 0 fully saturated rings. The highest BCUT2D eigenvalue weighted by Gasteiger charge is 2.13. The summed E-state index contributed by atoms with van der Waals surface area (Å²) in [5, 5.41) is 0. The number of hydrogen-bond donors (Lipinski definition) is 1. The van der Waals surface area contributed by atoms with Gasteiger partial charge in [-0.25, -0.2) is 9.37 Å². The number of nitrogens with two attached hydrogens (primary N) is 1. The molecule has 0 aliphatic carbocycles. The van der Waals surface area contributed by atoms with Gasteiger partial charge in [0.05, 0.1) is 5.69 Å². The summed E-state index contributed by atoms with van der Waals surface area (Å²) < 4.78 is 14.9. The standard InChI is InChI=1S/C10H12FN3/c1-6(2)8-9(12)14-5-3-4-7(11)10(14)13-8/h3-6H,12H2,1-2H3. The van der Waals surface area contributed by atoms with Crippen LogP contribution in [0.1, 0.15) is 25.5 Å². The molecule has 3 nitrogen and oxygen atoms in total. The van der Waals surface area contributed by atoms with Gasteiger partial charge in [0.25, 0.3) is 0 Å². The summed E-state index contributed by atoms with van der Waals surface area (Å²) >= 11 is 0. The van der Waals surface area contributed by atoms with Gasteiger partial charge in [0.2, 0.25) is 0 Å². The van der Waals surface area contributed by atoms with Crippen LogP contribution in [0.2, 0.25) is 0 Å². The van der Waals surface area contributed by atoms with Crippen LogP contribution in [0.4, 0.5) is 10.2 Å². The van der Waals surface area contributed by atoms with Crippen LogP contribution in [0.5, 0.6) is 0 Å². The van der Waals surface area contributed by atoms with E-state index in [0.717, 1.165) is 5.69 Å². The minimum atomic E-state index is -0.342. The number of hydrogen-bond acceptors (Lipinski definition) is 2. The fourth-order valence-corrected chi connectivity index (χ4v) is 1.50. The van der Waals surface area contributed by atoms with Gasteiger partial charge >= 0.3 is 0 Å². The van der Waals surface area contributed by atoms with Crippen LogP contribution in [-0.4, -0.2) is 9.38 Å². The Morgan fingerprint density at radius 3 is 2.79 bits per heavy atom. The first kappa shape index (κ1) is 8.99. The van der Waals surface area contributed by atoms with Gasteiger partial charge in [0, 0.05) is 6.20 Å². The minimum absolute atomic E-state index is 0.203. The molecule has 0 radical (unpaired) electrons. The quantitative estimate of drug-likeness (QED) is 0.754. The highest BCUT2D eigenvalue weighted by Crippen LogP contribution is 2.23. The topological polar surface area (TPSA) is 43.3 Å². The monoisotopic (exact) mass is 193 g/mol. The van der Waals surface area contributed by atoms with Crippen molar-refractivity contribution in [2.75, 3.05) is 5.73 Å². The number of imidazole rings is 1. The van der Waals surface area contributed by atoms with Crippen molar-refractivity contribution < 1.29 is 4.39 Å². The van der Waals surface area contributed by atoms with Gasteiger partial charge in [-0.2, -0.15) is 0 Å². The lowest BCUT2D eigenvalue weighted by atomic mass is 10.1. The third-order valence-corrected chi connectivity index (χ3v) is 2.21. The molecule has 2 heterocycles. The van der Waals surface area contributed by atoms with Crippen molar-refractivity contribution in [1.82, 2.24) is 9.38 Å². The lowest BCUT2D eigenvalue weighted by molar-refractivity contribution is 0.629. The van der Waals surface area contributed by atoms with Crippen LogP contribution < -0.4 is 5.73 Å². The maximum atomic E-state index is 13.3. The second kappa shape index (κ2) is 2.97. The molecule has 2 rings (SSSR count). The first-order valence-electron chi connectivity index (χ1n) is 4.53. The van der Waals surface area contributed by atoms with E-state index in [4.69, 9.17) is 5.73 Å². The predicted octanol–water partition coefficient (Wildman–Crippen LogP) is 2.18. The summed E-state index contributed by atoms with van der Waals surface area (Å²) in [7, 11) is 0. The van der Waals surface area contributed by atoms with Crippen LogP contribution in [0, 0.1) is 5.82 Å². The first-order chi connectivity index (χ1) is 6.61. The van der Waals surface area contributed by atoms with E-state index < -0.39 is 0 Å². The van der Waals surface area contributed by atoms with E-state index >= 15 is 0 Å². The maximum Gasteiger partial charge on any atom is 0.175 e. The van der Waals surface area contributed by atoms with E-state index in [1.54, 1.807) is 16.7 Å². The van der Waals surface area contributed by atoms with Gasteiger partial charge in [0.1, 0.15) is 5.82 Å². The molecule has 0 aromatic carbocycles. The second-order valence-electron chi connectivity index (χ2n) is 3.59. The van der Waals surface area contributed by atoms with Crippen molar-refractivity contribution in [3.05, 3.63) is 29.8 Å². The van der Waals surface area contributed by atoms with E-state index in [2.05, 4.69) is 4.98 Å². The molecule has 0 saturated heterocycles. The number of pyridine rings is 1. The molecule has 0 aliphatic heterocycles. The average molecular weight is 193 g/mol. The van der Waals surface area contributed by atoms with Gasteiger partial charge in [-0.15, -0.1) is 0 Å². The summed E-state index contributed by atoms with van der Waals surface area (Å²) in [6.45, 7) is 3.96. The summed E-state index contributed by atoms with van der Waals surface area (Å²) in [5.41, 5.74) is 6.89. The molecule has 2 N–H and O–H groups in total. The van der Waals surface area contributed by atoms with Crippen molar-refractivity contribution in [2.24, 2.45) is 0 Å². The summed E-state index contributed by atoms with van der Waals surface area (Å²) in [5.74, 6) is 0.384. The van der Waals surface area contributed by atoms with Gasteiger partial charge in [-0.3, -0.25) is 4.40 Å². The Balaban J connectivity index is 2.80. The van der Waals surface area contributed by atoms with E-state index in [1.165, 1.54) is 6.07 Å². The molecule has 2 aromatic rings.